The molecule has 0 fully saturated rings. The van der Waals surface area contributed by atoms with Crippen molar-refractivity contribution < 1.29 is 0 Å². The van der Waals surface area contributed by atoms with Crippen LogP contribution in [0.2, 0.25) is 0 Å². The largest absolute Gasteiger partial charge is 0.364 e. The molecule has 0 amide bonds. The van der Waals surface area contributed by atoms with E-state index in [0.717, 1.165) is 17.9 Å². The smallest absolute Gasteiger partial charge is 0.254 e. The van der Waals surface area contributed by atoms with Gasteiger partial charge in [0.1, 0.15) is 12.1 Å². The molecule has 0 spiro atoms. The van der Waals surface area contributed by atoms with Crippen LogP contribution in [0, 0.1) is 6.92 Å². The van der Waals surface area contributed by atoms with Crippen molar-refractivity contribution in [3.63, 3.8) is 0 Å². The Hall–Kier alpha value is -1.36. The molecule has 0 aliphatic heterocycles. The van der Waals surface area contributed by atoms with Crippen molar-refractivity contribution in [2.24, 2.45) is 0 Å². The predicted octanol–water partition coefficient (Wildman–Crippen LogP) is 2.25. The Morgan fingerprint density at radius 3 is 2.94 bits per heavy atom. The summed E-state index contributed by atoms with van der Waals surface area (Å²) in [5.74, 6) is 2.00. The van der Waals surface area contributed by atoms with Crippen LogP contribution in [0.5, 0.6) is 0 Å². The minimum Gasteiger partial charge on any atom is -0.364 e. The number of hydrogen-bond acceptors (Lipinski definition) is 4. The molecule has 0 aliphatic carbocycles. The van der Waals surface area contributed by atoms with E-state index in [1.807, 2.05) is 13.0 Å². The normalized spacial score (nSPS) is 14.8. The number of anilines is 1. The lowest BCUT2D eigenvalue weighted by atomic mass is 10.0. The maximum Gasteiger partial charge on any atom is 0.254 e. The van der Waals surface area contributed by atoms with Gasteiger partial charge in [0.2, 0.25) is 0 Å². The van der Waals surface area contributed by atoms with E-state index in [2.05, 4.69) is 34.2 Å². The molecule has 1 atom stereocenters. The van der Waals surface area contributed by atoms with Crippen molar-refractivity contribution in [2.75, 3.05) is 11.2 Å². The van der Waals surface area contributed by atoms with Crippen LogP contribution in [0.4, 0.5) is 5.82 Å². The number of rotatable bonds is 4. The van der Waals surface area contributed by atoms with Gasteiger partial charge in [0.15, 0.2) is 0 Å². The van der Waals surface area contributed by atoms with Crippen molar-refractivity contribution in [3.05, 3.63) is 18.1 Å². The second-order valence-corrected chi connectivity index (χ2v) is 4.69. The third kappa shape index (κ3) is 2.34. The summed E-state index contributed by atoms with van der Waals surface area (Å²) in [7, 11) is 0. The van der Waals surface area contributed by atoms with Gasteiger partial charge in [0.25, 0.3) is 5.78 Å². The minimum atomic E-state index is -0.159. The van der Waals surface area contributed by atoms with Crippen molar-refractivity contribution in [3.8, 4) is 0 Å². The van der Waals surface area contributed by atoms with Crippen LogP contribution >= 0.6 is 11.6 Å². The van der Waals surface area contributed by atoms with E-state index in [9.17, 15) is 0 Å². The van der Waals surface area contributed by atoms with E-state index in [1.165, 1.54) is 6.33 Å². The zero-order valence-corrected chi connectivity index (χ0v) is 11.0. The first-order chi connectivity index (χ1) is 8.08. The maximum absolute atomic E-state index is 6.00. The Morgan fingerprint density at radius 2 is 2.29 bits per heavy atom. The van der Waals surface area contributed by atoms with Gasteiger partial charge in [0, 0.05) is 23.2 Å². The summed E-state index contributed by atoms with van der Waals surface area (Å²) in [6.45, 7) is 6.12. The molecule has 2 rings (SSSR count). The summed E-state index contributed by atoms with van der Waals surface area (Å²) in [5, 5.41) is 7.56. The fraction of sp³-hybridized carbons (Fsp3) is 0.545. The molecule has 0 saturated carbocycles. The highest BCUT2D eigenvalue weighted by molar-refractivity contribution is 6.18. The highest BCUT2D eigenvalue weighted by Crippen LogP contribution is 2.20. The van der Waals surface area contributed by atoms with Crippen LogP contribution in [-0.2, 0) is 0 Å². The van der Waals surface area contributed by atoms with Crippen LogP contribution in [0.3, 0.4) is 0 Å². The lowest BCUT2D eigenvalue weighted by Crippen LogP contribution is -2.36. The summed E-state index contributed by atoms with van der Waals surface area (Å²) in [6.07, 6.45) is 2.42. The van der Waals surface area contributed by atoms with E-state index in [-0.39, 0.29) is 5.54 Å². The first-order valence-electron chi connectivity index (χ1n) is 5.59. The molecular weight excluding hydrogens is 238 g/mol. The van der Waals surface area contributed by atoms with Gasteiger partial charge in [-0.25, -0.2) is 4.98 Å². The standard InChI is InChI=1S/C11H16ClN5/c1-4-11(3,6-12)16-9-5-8(2)15-10-13-7-14-17(9)10/h5,7,16H,4,6H2,1-3H3. The molecule has 0 saturated heterocycles. The molecule has 2 aromatic rings. The molecule has 0 aromatic carbocycles. The number of alkyl halides is 1. The number of hydrogen-bond donors (Lipinski definition) is 1. The van der Waals surface area contributed by atoms with Crippen LogP contribution in [0.15, 0.2) is 12.4 Å². The average molecular weight is 254 g/mol. The molecule has 1 unspecified atom stereocenters. The number of halogens is 1. The van der Waals surface area contributed by atoms with Crippen molar-refractivity contribution in [1.82, 2.24) is 19.6 Å². The summed E-state index contributed by atoms with van der Waals surface area (Å²) in [6, 6.07) is 1.95. The lowest BCUT2D eigenvalue weighted by Gasteiger charge is -2.28. The zero-order chi connectivity index (χ0) is 12.5. The summed E-state index contributed by atoms with van der Waals surface area (Å²) in [5.41, 5.74) is 0.745. The second-order valence-electron chi connectivity index (χ2n) is 4.43. The predicted molar refractivity (Wildman–Crippen MR) is 68.6 cm³/mol. The van der Waals surface area contributed by atoms with Crippen LogP contribution in [0.1, 0.15) is 26.0 Å². The highest BCUT2D eigenvalue weighted by Gasteiger charge is 2.22. The Kier molecular flexibility index (Phi) is 3.19. The van der Waals surface area contributed by atoms with Gasteiger partial charge >= 0.3 is 0 Å². The fourth-order valence-corrected chi connectivity index (χ4v) is 1.80. The summed E-state index contributed by atoms with van der Waals surface area (Å²) >= 11 is 6.00. The van der Waals surface area contributed by atoms with Crippen molar-refractivity contribution in [2.45, 2.75) is 32.7 Å². The maximum atomic E-state index is 6.00. The third-order valence-electron chi connectivity index (χ3n) is 2.89. The van der Waals surface area contributed by atoms with Crippen molar-refractivity contribution in [1.29, 1.82) is 0 Å². The first kappa shape index (κ1) is 12.1. The molecule has 2 aromatic heterocycles. The van der Waals surface area contributed by atoms with Gasteiger partial charge in [-0.15, -0.1) is 11.6 Å². The van der Waals surface area contributed by atoms with E-state index >= 15 is 0 Å². The van der Waals surface area contributed by atoms with E-state index in [4.69, 9.17) is 11.6 Å². The molecule has 0 bridgehead atoms. The molecule has 6 heteroatoms. The molecule has 0 radical (unpaired) electrons. The third-order valence-corrected chi connectivity index (χ3v) is 3.47. The number of fused-ring (bicyclic) bond motifs is 1. The van der Waals surface area contributed by atoms with Gasteiger partial charge in [0.05, 0.1) is 0 Å². The number of nitrogens with one attached hydrogen (secondary N) is 1. The molecule has 5 nitrogen and oxygen atoms in total. The topological polar surface area (TPSA) is 55.1 Å². The minimum absolute atomic E-state index is 0.159. The SMILES string of the molecule is CCC(C)(CCl)Nc1cc(C)nc2ncnn12. The highest BCUT2D eigenvalue weighted by atomic mass is 35.5. The van der Waals surface area contributed by atoms with E-state index in [0.29, 0.717) is 11.7 Å². The Morgan fingerprint density at radius 1 is 1.53 bits per heavy atom. The molecular formula is C11H16ClN5. The van der Waals surface area contributed by atoms with Gasteiger partial charge in [-0.3, -0.25) is 0 Å². The van der Waals surface area contributed by atoms with Crippen LogP contribution in [-0.4, -0.2) is 31.0 Å². The molecule has 1 N–H and O–H groups in total. The summed E-state index contributed by atoms with van der Waals surface area (Å²) < 4.78 is 1.69. The Balaban J connectivity index is 2.44. The average Bonchev–Trinajstić information content (AvgIpc) is 2.77. The molecule has 92 valence electrons. The lowest BCUT2D eigenvalue weighted by molar-refractivity contribution is 0.548. The monoisotopic (exact) mass is 253 g/mol. The van der Waals surface area contributed by atoms with E-state index in [1.54, 1.807) is 4.52 Å². The van der Waals surface area contributed by atoms with Gasteiger partial charge < -0.3 is 5.32 Å². The number of aryl methyl sites for hydroxylation is 1. The molecule has 0 aliphatic rings. The fourth-order valence-electron chi connectivity index (χ4n) is 1.55. The molecule has 17 heavy (non-hydrogen) atoms. The number of nitrogens with zero attached hydrogens (tertiary/aromatic N) is 4. The zero-order valence-electron chi connectivity index (χ0n) is 10.2. The van der Waals surface area contributed by atoms with Gasteiger partial charge in [-0.1, -0.05) is 6.92 Å². The van der Waals surface area contributed by atoms with Gasteiger partial charge in [-0.2, -0.15) is 14.6 Å². The quantitative estimate of drug-likeness (QED) is 0.850. The Labute approximate surface area is 105 Å². The van der Waals surface area contributed by atoms with Crippen molar-refractivity contribution >= 4 is 23.2 Å². The Bertz CT molecular complexity index is 518. The van der Waals surface area contributed by atoms with Gasteiger partial charge in [-0.05, 0) is 20.3 Å². The van der Waals surface area contributed by atoms with Crippen LogP contribution in [0.25, 0.3) is 5.78 Å². The summed E-state index contributed by atoms with van der Waals surface area (Å²) in [4.78, 5) is 8.38. The molecule has 2 heterocycles. The van der Waals surface area contributed by atoms with E-state index < -0.39 is 0 Å². The number of aromatic nitrogens is 4. The van der Waals surface area contributed by atoms with Crippen LogP contribution < -0.4 is 5.32 Å². The first-order valence-corrected chi connectivity index (χ1v) is 6.13. The second kappa shape index (κ2) is 4.49.